The smallest absolute Gasteiger partial charge is 0 e. The number of hydrogen-bond donors (Lipinski definition) is 0. The summed E-state index contributed by atoms with van der Waals surface area (Å²) >= 11 is 0. The van der Waals surface area contributed by atoms with Crippen molar-refractivity contribution in [2.75, 3.05) is 0 Å². The van der Waals surface area contributed by atoms with Crippen LogP contribution < -0.4 is 0 Å². The van der Waals surface area contributed by atoms with E-state index < -0.39 is 0 Å². The van der Waals surface area contributed by atoms with Gasteiger partial charge in [-0.25, -0.2) is 0 Å². The molecule has 60 valence electrons. The molecular formula is H14O7Zr. The summed E-state index contributed by atoms with van der Waals surface area (Å²) < 4.78 is 0. The van der Waals surface area contributed by atoms with Crippen LogP contribution in [0.25, 0.3) is 0 Å². The van der Waals surface area contributed by atoms with Crippen LogP contribution in [0.15, 0.2) is 0 Å². The van der Waals surface area contributed by atoms with Gasteiger partial charge in [0.2, 0.25) is 0 Å². The topological polar surface area (TPSA) is 220 Å². The largest absolute Gasteiger partial charge is 0.412 e. The average molecular weight is 217 g/mol. The molecule has 0 saturated heterocycles. The summed E-state index contributed by atoms with van der Waals surface area (Å²) in [6.45, 7) is 0. The molecule has 0 fully saturated rings. The fraction of sp³-hybridized carbons (Fsp3) is 0. The molecule has 0 aromatic heterocycles. The minimum Gasteiger partial charge on any atom is -0.412 e. The quantitative estimate of drug-likeness (QED) is 0.370. The van der Waals surface area contributed by atoms with Gasteiger partial charge < -0.3 is 38.3 Å². The first-order chi connectivity index (χ1) is 0. The first kappa shape index (κ1) is 1370. The molecule has 0 saturated carbocycles. The summed E-state index contributed by atoms with van der Waals surface area (Å²) in [5.41, 5.74) is 0. The van der Waals surface area contributed by atoms with E-state index in [9.17, 15) is 0 Å². The van der Waals surface area contributed by atoms with Gasteiger partial charge in [-0.1, -0.05) is 0 Å². The van der Waals surface area contributed by atoms with Crippen LogP contribution in [0.3, 0.4) is 0 Å². The monoisotopic (exact) mass is 216 g/mol. The standard InChI is InChI=1S/7H2O.Zr/h7*1H2;. The van der Waals surface area contributed by atoms with Gasteiger partial charge in [0.1, 0.15) is 0 Å². The molecule has 0 atom stereocenters. The molecule has 0 rings (SSSR count). The van der Waals surface area contributed by atoms with E-state index in [1.54, 1.807) is 0 Å². The van der Waals surface area contributed by atoms with Crippen LogP contribution in [0.1, 0.15) is 0 Å². The van der Waals surface area contributed by atoms with E-state index in [2.05, 4.69) is 0 Å². The summed E-state index contributed by atoms with van der Waals surface area (Å²) in [6, 6.07) is 0. The van der Waals surface area contributed by atoms with Gasteiger partial charge in [-0.2, -0.15) is 0 Å². The van der Waals surface area contributed by atoms with Gasteiger partial charge >= 0.3 is 0 Å². The summed E-state index contributed by atoms with van der Waals surface area (Å²) in [5.74, 6) is 0. The summed E-state index contributed by atoms with van der Waals surface area (Å²) in [6.07, 6.45) is 0. The van der Waals surface area contributed by atoms with Gasteiger partial charge in [0.15, 0.2) is 0 Å². The first-order valence-electron chi connectivity index (χ1n) is 0. The molecule has 0 bridgehead atoms. The van der Waals surface area contributed by atoms with Crippen LogP contribution in [0, 0.1) is 0 Å². The molecule has 0 aromatic rings. The van der Waals surface area contributed by atoms with Crippen LogP contribution in [-0.4, -0.2) is 38.3 Å². The molecule has 7 nitrogen and oxygen atoms in total. The van der Waals surface area contributed by atoms with E-state index in [0.29, 0.717) is 0 Å². The summed E-state index contributed by atoms with van der Waals surface area (Å²) in [7, 11) is 0. The third kappa shape index (κ3) is 570. The molecule has 0 spiro atoms. The predicted octanol–water partition coefficient (Wildman–Crippen LogP) is -5.78. The Hall–Kier alpha value is 0.603. The Balaban J connectivity index is 0. The molecule has 0 aliphatic rings. The maximum Gasteiger partial charge on any atom is 0 e. The average Bonchev–Trinajstić information content (AvgIpc) is 0. The third-order valence-electron chi connectivity index (χ3n) is 0. The summed E-state index contributed by atoms with van der Waals surface area (Å²) in [5, 5.41) is 0. The van der Waals surface area contributed by atoms with Crippen molar-refractivity contribution in [3.05, 3.63) is 0 Å². The van der Waals surface area contributed by atoms with Crippen molar-refractivity contribution < 1.29 is 64.5 Å². The van der Waals surface area contributed by atoms with Gasteiger partial charge in [0.25, 0.3) is 0 Å². The van der Waals surface area contributed by atoms with Gasteiger partial charge in [-0.3, -0.25) is 0 Å². The van der Waals surface area contributed by atoms with Crippen LogP contribution in [-0.2, 0) is 26.2 Å². The Morgan fingerprint density at radius 3 is 0.250 bits per heavy atom. The van der Waals surface area contributed by atoms with Crippen molar-refractivity contribution in [2.45, 2.75) is 0 Å². The second-order valence-electron chi connectivity index (χ2n) is 0. The molecule has 14 N–H and O–H groups in total. The van der Waals surface area contributed by atoms with Crippen LogP contribution in [0.2, 0.25) is 0 Å². The van der Waals surface area contributed by atoms with Crippen LogP contribution in [0.5, 0.6) is 0 Å². The maximum atomic E-state index is 0. The van der Waals surface area contributed by atoms with Gasteiger partial charge in [0.05, 0.1) is 0 Å². The molecule has 0 aliphatic carbocycles. The fourth-order valence-corrected chi connectivity index (χ4v) is 0. The normalized spacial score (nSPS) is 0. The van der Waals surface area contributed by atoms with E-state index in [4.69, 9.17) is 0 Å². The van der Waals surface area contributed by atoms with E-state index in [-0.39, 0.29) is 64.5 Å². The molecule has 0 radical (unpaired) electrons. The van der Waals surface area contributed by atoms with Gasteiger partial charge in [-0.05, 0) is 0 Å². The number of hydrogen-bond acceptors (Lipinski definition) is 0. The Kier molecular flexibility index (Phi) is 156000. The third-order valence-corrected chi connectivity index (χ3v) is 0. The predicted molar refractivity (Wildman–Crippen MR) is 25.3 cm³/mol. The number of rotatable bonds is 0. The second kappa shape index (κ2) is 911. The molecule has 0 aromatic carbocycles. The molecule has 0 aliphatic heterocycles. The molecule has 0 heterocycles. The van der Waals surface area contributed by atoms with Gasteiger partial charge in [0, 0.05) is 26.2 Å². The Morgan fingerprint density at radius 1 is 0.250 bits per heavy atom. The van der Waals surface area contributed by atoms with E-state index >= 15 is 0 Å². The van der Waals surface area contributed by atoms with E-state index in [0.717, 1.165) is 0 Å². The zero-order valence-electron chi connectivity index (χ0n) is 4.00. The van der Waals surface area contributed by atoms with Crippen molar-refractivity contribution in [2.24, 2.45) is 0 Å². The second-order valence-corrected chi connectivity index (χ2v) is 0. The van der Waals surface area contributed by atoms with Crippen molar-refractivity contribution >= 4 is 0 Å². The van der Waals surface area contributed by atoms with Crippen molar-refractivity contribution in [1.29, 1.82) is 0 Å². The van der Waals surface area contributed by atoms with Crippen LogP contribution in [0.4, 0.5) is 0 Å². The zero-order chi connectivity index (χ0) is 0. The van der Waals surface area contributed by atoms with Gasteiger partial charge in [-0.15, -0.1) is 0 Å². The molecule has 8 heteroatoms. The van der Waals surface area contributed by atoms with Crippen molar-refractivity contribution in [3.8, 4) is 0 Å². The van der Waals surface area contributed by atoms with Crippen molar-refractivity contribution in [1.82, 2.24) is 0 Å². The molecule has 8 heavy (non-hydrogen) atoms. The van der Waals surface area contributed by atoms with Crippen molar-refractivity contribution in [3.63, 3.8) is 0 Å². The Labute approximate surface area is 65.0 Å². The Morgan fingerprint density at radius 2 is 0.250 bits per heavy atom. The molecule has 0 amide bonds. The molecular weight excluding hydrogens is 203 g/mol. The fourth-order valence-electron chi connectivity index (χ4n) is 0. The first-order valence-corrected chi connectivity index (χ1v) is 0. The zero-order valence-corrected chi connectivity index (χ0v) is 6.46. The van der Waals surface area contributed by atoms with E-state index in [1.807, 2.05) is 0 Å². The minimum atomic E-state index is 0. The van der Waals surface area contributed by atoms with E-state index in [1.165, 1.54) is 0 Å². The Bertz CT molecular complexity index is 4.35. The minimum absolute atomic E-state index is 0. The molecule has 0 unspecified atom stereocenters. The SMILES string of the molecule is O.O.O.O.O.O.O.[Zr]. The van der Waals surface area contributed by atoms with Crippen LogP contribution >= 0.6 is 0 Å². The summed E-state index contributed by atoms with van der Waals surface area (Å²) in [4.78, 5) is 0. The maximum absolute atomic E-state index is 0.